The molecule has 40 heavy (non-hydrogen) atoms. The van der Waals surface area contributed by atoms with E-state index in [0.29, 0.717) is 44.9 Å². The summed E-state index contributed by atoms with van der Waals surface area (Å²) >= 11 is 0. The summed E-state index contributed by atoms with van der Waals surface area (Å²) in [5, 5.41) is 5.66. The number of hydrogen-bond acceptors (Lipinski definition) is 7. The Kier molecular flexibility index (Phi) is 11.4. The average molecular weight is 552 g/mol. The van der Waals surface area contributed by atoms with Crippen LogP contribution in [0.15, 0.2) is 42.5 Å². The Labute approximate surface area is 236 Å². The third-order valence-electron chi connectivity index (χ3n) is 7.18. The molecule has 2 N–H and O–H groups in total. The Morgan fingerprint density at radius 2 is 1.73 bits per heavy atom. The van der Waals surface area contributed by atoms with E-state index >= 15 is 0 Å². The van der Waals surface area contributed by atoms with E-state index in [1.54, 1.807) is 11.0 Å². The first-order valence-electron chi connectivity index (χ1n) is 14.4. The SMILES string of the molecule is CCc1cccc(OCCCCCOCCCOCCNc2ccc3c(c2)CN(C2CCC(=O)NC2=O)C3=O)c1. The first-order chi connectivity index (χ1) is 19.5. The maximum absolute atomic E-state index is 12.8. The lowest BCUT2D eigenvalue weighted by atomic mass is 10.0. The van der Waals surface area contributed by atoms with Crippen LogP contribution >= 0.6 is 0 Å². The number of aryl methyl sites for hydroxylation is 1. The van der Waals surface area contributed by atoms with Gasteiger partial charge in [0, 0.05) is 50.6 Å². The summed E-state index contributed by atoms with van der Waals surface area (Å²) in [5.74, 6) is 0.110. The lowest BCUT2D eigenvalue weighted by Crippen LogP contribution is -2.52. The Morgan fingerprint density at radius 3 is 2.55 bits per heavy atom. The smallest absolute Gasteiger partial charge is 0.255 e. The van der Waals surface area contributed by atoms with Crippen LogP contribution in [0.1, 0.15) is 66.9 Å². The molecule has 1 saturated heterocycles. The molecule has 4 rings (SSSR count). The zero-order chi connectivity index (χ0) is 28.2. The average Bonchev–Trinajstić information content (AvgIpc) is 3.28. The van der Waals surface area contributed by atoms with E-state index in [1.165, 1.54) is 5.56 Å². The lowest BCUT2D eigenvalue weighted by molar-refractivity contribution is -0.136. The van der Waals surface area contributed by atoms with Gasteiger partial charge in [-0.15, -0.1) is 0 Å². The summed E-state index contributed by atoms with van der Waals surface area (Å²) in [6, 6.07) is 13.3. The molecule has 0 saturated carbocycles. The summed E-state index contributed by atoms with van der Waals surface area (Å²) in [4.78, 5) is 38.0. The van der Waals surface area contributed by atoms with Crippen molar-refractivity contribution in [3.05, 3.63) is 59.2 Å². The topological polar surface area (TPSA) is 106 Å². The molecule has 0 aliphatic carbocycles. The predicted octanol–water partition coefficient (Wildman–Crippen LogP) is 4.09. The maximum atomic E-state index is 12.8. The summed E-state index contributed by atoms with van der Waals surface area (Å²) in [6.07, 6.45) is 5.62. The maximum Gasteiger partial charge on any atom is 0.255 e. The van der Waals surface area contributed by atoms with Crippen LogP contribution in [0.4, 0.5) is 5.69 Å². The van der Waals surface area contributed by atoms with Crippen molar-refractivity contribution in [2.45, 2.75) is 64.5 Å². The predicted molar refractivity (Wildman–Crippen MR) is 152 cm³/mol. The second kappa shape index (κ2) is 15.4. The van der Waals surface area contributed by atoms with Crippen LogP contribution in [0.2, 0.25) is 0 Å². The number of nitrogens with zero attached hydrogens (tertiary/aromatic N) is 1. The number of piperidine rings is 1. The fraction of sp³-hybridized carbons (Fsp3) is 0.516. The summed E-state index contributed by atoms with van der Waals surface area (Å²) in [5.41, 5.74) is 3.69. The van der Waals surface area contributed by atoms with E-state index in [1.807, 2.05) is 24.3 Å². The molecule has 0 aromatic heterocycles. The minimum atomic E-state index is -0.597. The van der Waals surface area contributed by atoms with Crippen LogP contribution in [0.3, 0.4) is 0 Å². The van der Waals surface area contributed by atoms with Gasteiger partial charge >= 0.3 is 0 Å². The van der Waals surface area contributed by atoms with Gasteiger partial charge in [0.2, 0.25) is 11.8 Å². The van der Waals surface area contributed by atoms with Gasteiger partial charge in [0.15, 0.2) is 0 Å². The van der Waals surface area contributed by atoms with Crippen molar-refractivity contribution in [3.63, 3.8) is 0 Å². The Bertz CT molecular complexity index is 1150. The van der Waals surface area contributed by atoms with Gasteiger partial charge in [-0.2, -0.15) is 0 Å². The highest BCUT2D eigenvalue weighted by Crippen LogP contribution is 2.29. The summed E-state index contributed by atoms with van der Waals surface area (Å²) in [6.45, 7) is 6.56. The number of ether oxygens (including phenoxy) is 3. The van der Waals surface area contributed by atoms with Gasteiger partial charge in [-0.05, 0) is 80.0 Å². The summed E-state index contributed by atoms with van der Waals surface area (Å²) < 4.78 is 17.2. The number of benzene rings is 2. The number of nitrogens with one attached hydrogen (secondary N) is 2. The van der Waals surface area contributed by atoms with Gasteiger partial charge in [0.05, 0.1) is 13.2 Å². The third kappa shape index (κ3) is 8.53. The Hall–Kier alpha value is -3.43. The number of anilines is 1. The molecule has 2 aromatic carbocycles. The molecular formula is C31H41N3O6. The minimum Gasteiger partial charge on any atom is -0.494 e. The fourth-order valence-corrected chi connectivity index (χ4v) is 4.95. The van der Waals surface area contributed by atoms with Crippen LogP contribution in [-0.2, 0) is 32.0 Å². The van der Waals surface area contributed by atoms with Gasteiger partial charge < -0.3 is 24.4 Å². The van der Waals surface area contributed by atoms with Crippen molar-refractivity contribution < 1.29 is 28.6 Å². The second-order valence-electron chi connectivity index (χ2n) is 10.2. The van der Waals surface area contributed by atoms with E-state index in [0.717, 1.165) is 62.3 Å². The molecule has 1 atom stereocenters. The van der Waals surface area contributed by atoms with Gasteiger partial charge in [-0.25, -0.2) is 0 Å². The number of carbonyl (C=O) groups is 3. The van der Waals surface area contributed by atoms with E-state index in [2.05, 4.69) is 29.7 Å². The van der Waals surface area contributed by atoms with Crippen LogP contribution in [-0.4, -0.2) is 68.2 Å². The van der Waals surface area contributed by atoms with Crippen LogP contribution in [0, 0.1) is 0 Å². The molecule has 3 amide bonds. The number of unbranched alkanes of at least 4 members (excludes halogenated alkanes) is 2. The van der Waals surface area contributed by atoms with Gasteiger partial charge in [-0.1, -0.05) is 19.1 Å². The van der Waals surface area contributed by atoms with Crippen molar-refractivity contribution in [3.8, 4) is 5.75 Å². The largest absolute Gasteiger partial charge is 0.494 e. The highest BCUT2D eigenvalue weighted by Gasteiger charge is 2.39. The second-order valence-corrected chi connectivity index (χ2v) is 10.2. The molecule has 2 aliphatic heterocycles. The Morgan fingerprint density at radius 1 is 0.925 bits per heavy atom. The van der Waals surface area contributed by atoms with Crippen LogP contribution in [0.25, 0.3) is 0 Å². The number of rotatable bonds is 17. The molecule has 0 radical (unpaired) electrons. The van der Waals surface area contributed by atoms with E-state index in [-0.39, 0.29) is 18.2 Å². The van der Waals surface area contributed by atoms with Crippen LogP contribution in [0.5, 0.6) is 5.75 Å². The molecular weight excluding hydrogens is 510 g/mol. The molecule has 1 unspecified atom stereocenters. The number of amides is 3. The van der Waals surface area contributed by atoms with E-state index < -0.39 is 11.9 Å². The first kappa shape index (κ1) is 29.6. The van der Waals surface area contributed by atoms with Crippen molar-refractivity contribution in [2.24, 2.45) is 0 Å². The molecule has 2 heterocycles. The molecule has 1 fully saturated rings. The molecule has 216 valence electrons. The molecule has 9 heteroatoms. The number of hydrogen-bond donors (Lipinski definition) is 2. The standard InChI is InChI=1S/C31H41N3O6/c1-2-23-8-6-9-26(20-23)40-18-5-3-4-15-38-16-7-17-39-19-14-32-25-10-11-27-24(21-25)22-34(31(27)37)28-12-13-29(35)33-30(28)36/h6,8-11,20-21,28,32H,2-5,7,12-19,22H2,1H3,(H,33,35,36). The number of imide groups is 1. The molecule has 9 nitrogen and oxygen atoms in total. The molecule has 0 spiro atoms. The van der Waals surface area contributed by atoms with E-state index in [9.17, 15) is 14.4 Å². The molecule has 2 aliphatic rings. The normalized spacial score (nSPS) is 16.7. The van der Waals surface area contributed by atoms with E-state index in [4.69, 9.17) is 14.2 Å². The monoisotopic (exact) mass is 551 g/mol. The molecule has 0 bridgehead atoms. The lowest BCUT2D eigenvalue weighted by Gasteiger charge is -2.29. The van der Waals surface area contributed by atoms with Crippen molar-refractivity contribution in [1.82, 2.24) is 10.2 Å². The fourth-order valence-electron chi connectivity index (χ4n) is 4.95. The molecule has 2 aromatic rings. The Balaban J connectivity index is 0.997. The van der Waals surface area contributed by atoms with Gasteiger partial charge in [0.25, 0.3) is 5.91 Å². The third-order valence-corrected chi connectivity index (χ3v) is 7.18. The number of carbonyl (C=O) groups excluding carboxylic acids is 3. The van der Waals surface area contributed by atoms with Gasteiger partial charge in [-0.3, -0.25) is 19.7 Å². The first-order valence-corrected chi connectivity index (χ1v) is 14.4. The van der Waals surface area contributed by atoms with Crippen molar-refractivity contribution in [1.29, 1.82) is 0 Å². The summed E-state index contributed by atoms with van der Waals surface area (Å²) in [7, 11) is 0. The highest BCUT2D eigenvalue weighted by molar-refractivity contribution is 6.05. The highest BCUT2D eigenvalue weighted by atomic mass is 16.5. The quantitative estimate of drug-likeness (QED) is 0.225. The van der Waals surface area contributed by atoms with Crippen LogP contribution < -0.4 is 15.4 Å². The minimum absolute atomic E-state index is 0.163. The number of fused-ring (bicyclic) bond motifs is 1. The van der Waals surface area contributed by atoms with Crippen molar-refractivity contribution >= 4 is 23.4 Å². The zero-order valence-corrected chi connectivity index (χ0v) is 23.4. The van der Waals surface area contributed by atoms with Gasteiger partial charge in [0.1, 0.15) is 11.8 Å². The van der Waals surface area contributed by atoms with Crippen molar-refractivity contribution in [2.75, 3.05) is 44.9 Å². The zero-order valence-electron chi connectivity index (χ0n) is 23.4.